The van der Waals surface area contributed by atoms with E-state index in [1.54, 1.807) is 21.1 Å². The Kier molecular flexibility index (Phi) is 9.22. The monoisotopic (exact) mass is 675 g/mol. The molecule has 0 spiro atoms. The van der Waals surface area contributed by atoms with E-state index >= 15 is 0 Å². The fraction of sp³-hybridized carbons (Fsp3) is 0.625. The van der Waals surface area contributed by atoms with Crippen LogP contribution in [-0.4, -0.2) is 69.2 Å². The van der Waals surface area contributed by atoms with Gasteiger partial charge in [0.2, 0.25) is 0 Å². The summed E-state index contributed by atoms with van der Waals surface area (Å²) in [6.45, 7) is 0.246. The molecular formula is C16H15F13INO3S. The predicted molar refractivity (Wildman–Crippen MR) is 88.5 cm³/mol. The van der Waals surface area contributed by atoms with Crippen molar-refractivity contribution in [2.24, 2.45) is 0 Å². The van der Waals surface area contributed by atoms with Gasteiger partial charge in [0, 0.05) is 5.56 Å². The molecule has 0 aromatic heterocycles. The van der Waals surface area contributed by atoms with Crippen molar-refractivity contribution in [3.8, 4) is 5.75 Å². The first-order chi connectivity index (χ1) is 14.7. The first-order valence-corrected chi connectivity index (χ1v) is 9.86. The highest BCUT2D eigenvalue weighted by Gasteiger charge is 2.93. The lowest BCUT2D eigenvalue weighted by Crippen LogP contribution is -3.00. The Balaban J connectivity index is 0.0000116. The van der Waals surface area contributed by atoms with Crippen molar-refractivity contribution in [3.63, 3.8) is 0 Å². The van der Waals surface area contributed by atoms with E-state index in [2.05, 4.69) is 4.18 Å². The third kappa shape index (κ3) is 5.85. The van der Waals surface area contributed by atoms with E-state index in [1.165, 1.54) is 0 Å². The number of nitrogens with zero attached hydrogens (tertiary/aromatic N) is 1. The molecule has 19 heteroatoms. The second kappa shape index (κ2) is 9.56. The second-order valence-electron chi connectivity index (χ2n) is 7.94. The van der Waals surface area contributed by atoms with E-state index in [4.69, 9.17) is 0 Å². The minimum atomic E-state index is -8.24. The summed E-state index contributed by atoms with van der Waals surface area (Å²) < 4.78 is 197. The van der Waals surface area contributed by atoms with Crippen molar-refractivity contribution in [2.75, 3.05) is 21.1 Å². The molecule has 0 N–H and O–H groups in total. The molecule has 1 aromatic rings. The van der Waals surface area contributed by atoms with Gasteiger partial charge < -0.3 is 32.6 Å². The molecule has 0 amide bonds. The van der Waals surface area contributed by atoms with Gasteiger partial charge in [-0.15, -0.1) is 0 Å². The van der Waals surface area contributed by atoms with Crippen molar-refractivity contribution in [3.05, 3.63) is 29.8 Å². The van der Waals surface area contributed by atoms with Crippen LogP contribution < -0.4 is 28.2 Å². The Hall–Kier alpha value is -1.25. The van der Waals surface area contributed by atoms with Crippen LogP contribution in [0.1, 0.15) is 5.56 Å². The van der Waals surface area contributed by atoms with E-state index in [0.29, 0.717) is 17.7 Å². The van der Waals surface area contributed by atoms with E-state index in [9.17, 15) is 65.5 Å². The van der Waals surface area contributed by atoms with E-state index < -0.39 is 51.0 Å². The highest BCUT2D eigenvalue weighted by Crippen LogP contribution is 2.61. The lowest BCUT2D eigenvalue weighted by Gasteiger charge is -2.38. The molecule has 0 unspecified atom stereocenters. The molecular weight excluding hydrogens is 660 g/mol. The number of benzene rings is 1. The van der Waals surface area contributed by atoms with Gasteiger partial charge in [0.15, 0.2) is 0 Å². The van der Waals surface area contributed by atoms with E-state index in [0.717, 1.165) is 12.1 Å². The summed E-state index contributed by atoms with van der Waals surface area (Å²) in [7, 11) is -2.30. The zero-order valence-corrected chi connectivity index (χ0v) is 20.4. The van der Waals surface area contributed by atoms with Gasteiger partial charge >= 0.3 is 45.2 Å². The summed E-state index contributed by atoms with van der Waals surface area (Å²) >= 11 is 0. The Morgan fingerprint density at radius 1 is 0.686 bits per heavy atom. The largest absolute Gasteiger partial charge is 1.00 e. The Labute approximate surface area is 206 Å². The van der Waals surface area contributed by atoms with Gasteiger partial charge in [0.05, 0.1) is 21.1 Å². The second-order valence-corrected chi connectivity index (χ2v) is 9.53. The normalized spacial score (nSPS) is 15.0. The van der Waals surface area contributed by atoms with Crippen LogP contribution in [0, 0.1) is 0 Å². The van der Waals surface area contributed by atoms with Gasteiger partial charge in [-0.05, 0) is 24.3 Å². The number of halogens is 14. The standard InChI is InChI=1S/C16H15F13NO3S.HI/c1-30(2,3)8-9-4-6-10(7-5-9)33-34(31,32)16(28,29)14(23,24)12(19,20)11(17,18)13(21,22)15(25,26)27;/h4-7H,8H2,1-3H3;1H/q+1;/p-1. The highest BCUT2D eigenvalue weighted by molar-refractivity contribution is 7.88. The molecule has 0 radical (unpaired) electrons. The van der Waals surface area contributed by atoms with Crippen LogP contribution >= 0.6 is 0 Å². The lowest BCUT2D eigenvalue weighted by molar-refractivity contribution is -0.884. The van der Waals surface area contributed by atoms with Crippen LogP contribution in [0.25, 0.3) is 0 Å². The SMILES string of the molecule is C[N+](C)(C)Cc1ccc(OS(=O)(=O)C(F)(F)C(F)(F)C(F)(F)C(F)(F)C(F)(F)C(F)(F)F)cc1.[I-]. The maximum absolute atomic E-state index is 13.9. The van der Waals surface area contributed by atoms with Crippen molar-refractivity contribution in [1.82, 2.24) is 0 Å². The van der Waals surface area contributed by atoms with Crippen LogP contribution in [0.2, 0.25) is 0 Å². The highest BCUT2D eigenvalue weighted by atomic mass is 127. The fourth-order valence-corrected chi connectivity index (χ4v) is 3.20. The molecule has 0 heterocycles. The maximum atomic E-state index is 13.9. The minimum Gasteiger partial charge on any atom is -1.00 e. The van der Waals surface area contributed by atoms with Gasteiger partial charge in [-0.2, -0.15) is 65.5 Å². The van der Waals surface area contributed by atoms with Crippen LogP contribution in [0.3, 0.4) is 0 Å². The molecule has 0 fully saturated rings. The molecule has 0 atom stereocenters. The average Bonchev–Trinajstić information content (AvgIpc) is 2.60. The molecule has 0 aliphatic carbocycles. The molecule has 206 valence electrons. The molecule has 0 bridgehead atoms. The van der Waals surface area contributed by atoms with Gasteiger partial charge in [-0.25, -0.2) is 0 Å². The van der Waals surface area contributed by atoms with Gasteiger partial charge in [-0.3, -0.25) is 0 Å². The molecule has 4 nitrogen and oxygen atoms in total. The third-order valence-corrected chi connectivity index (χ3v) is 5.30. The fourth-order valence-electron chi connectivity index (χ4n) is 2.29. The molecule has 1 aromatic carbocycles. The smallest absolute Gasteiger partial charge is 0.460 e. The van der Waals surface area contributed by atoms with Crippen LogP contribution in [0.4, 0.5) is 57.1 Å². The van der Waals surface area contributed by atoms with Crippen molar-refractivity contribution in [2.45, 2.75) is 41.7 Å². The predicted octanol–water partition coefficient (Wildman–Crippen LogP) is 2.30. The number of rotatable bonds is 9. The number of hydrogen-bond donors (Lipinski definition) is 0. The molecule has 0 aliphatic heterocycles. The van der Waals surface area contributed by atoms with Crippen LogP contribution in [0.5, 0.6) is 5.75 Å². The van der Waals surface area contributed by atoms with Crippen LogP contribution in [-0.2, 0) is 16.7 Å². The Morgan fingerprint density at radius 3 is 1.40 bits per heavy atom. The lowest BCUT2D eigenvalue weighted by atomic mass is 9.98. The van der Waals surface area contributed by atoms with Crippen molar-refractivity contribution >= 4 is 10.1 Å². The van der Waals surface area contributed by atoms with Gasteiger partial charge in [0.1, 0.15) is 12.3 Å². The van der Waals surface area contributed by atoms with Gasteiger partial charge in [-0.1, -0.05) is 0 Å². The quantitative estimate of drug-likeness (QED) is 0.175. The Bertz CT molecular complexity index is 987. The topological polar surface area (TPSA) is 43.4 Å². The summed E-state index contributed by atoms with van der Waals surface area (Å²) in [5.41, 5.74) is 0.398. The first kappa shape index (κ1) is 33.8. The molecule has 35 heavy (non-hydrogen) atoms. The maximum Gasteiger partial charge on any atom is 0.460 e. The summed E-state index contributed by atoms with van der Waals surface area (Å²) in [6, 6.07) is 3.22. The van der Waals surface area contributed by atoms with E-state index in [1.807, 2.05) is 0 Å². The molecule has 0 saturated heterocycles. The number of alkyl halides is 13. The Morgan fingerprint density at radius 2 is 1.06 bits per heavy atom. The summed E-state index contributed by atoms with van der Waals surface area (Å²) in [6.07, 6.45) is -7.60. The van der Waals surface area contributed by atoms with Crippen molar-refractivity contribution in [1.29, 1.82) is 0 Å². The molecule has 1 rings (SSSR count). The zero-order chi connectivity index (χ0) is 27.4. The third-order valence-electron chi connectivity index (χ3n) is 4.00. The van der Waals surface area contributed by atoms with Crippen molar-refractivity contribution < 1.29 is 98.1 Å². The molecule has 0 saturated carbocycles. The molecule has 0 aliphatic rings. The average molecular weight is 675 g/mol. The first-order valence-electron chi connectivity index (χ1n) is 8.45. The van der Waals surface area contributed by atoms with E-state index in [-0.39, 0.29) is 35.0 Å². The number of hydrogen-bond acceptors (Lipinski definition) is 3. The zero-order valence-electron chi connectivity index (χ0n) is 17.4. The van der Waals surface area contributed by atoms with Crippen LogP contribution in [0.15, 0.2) is 24.3 Å². The summed E-state index contributed by atoms with van der Waals surface area (Å²) in [5, 5.41) is -7.41. The minimum absolute atomic E-state index is 0. The summed E-state index contributed by atoms with van der Waals surface area (Å²) in [4.78, 5) is 0. The summed E-state index contributed by atoms with van der Waals surface area (Å²) in [5.74, 6) is -33.6. The van der Waals surface area contributed by atoms with Gasteiger partial charge in [0.25, 0.3) is 0 Å². The number of quaternary nitrogens is 1.